The summed E-state index contributed by atoms with van der Waals surface area (Å²) < 4.78 is 5.47. The quantitative estimate of drug-likeness (QED) is 0.824. The molecule has 4 nitrogen and oxygen atoms in total. The minimum Gasteiger partial charge on any atom is -0.444 e. The van der Waals surface area contributed by atoms with E-state index < -0.39 is 5.60 Å². The van der Waals surface area contributed by atoms with Crippen LogP contribution in [0.2, 0.25) is 0 Å². The Labute approximate surface area is 142 Å². The van der Waals surface area contributed by atoms with Gasteiger partial charge in [0.05, 0.1) is 0 Å². The second kappa shape index (κ2) is 8.36. The van der Waals surface area contributed by atoms with Gasteiger partial charge in [0.1, 0.15) is 5.60 Å². The average Bonchev–Trinajstić information content (AvgIpc) is 2.94. The topological polar surface area (TPSA) is 41.6 Å². The third-order valence-electron chi connectivity index (χ3n) is 5.18. The molecule has 0 radical (unpaired) electrons. The molecular weight excluding hydrogens is 288 g/mol. The molecule has 0 aromatic carbocycles. The second-order valence-electron chi connectivity index (χ2n) is 8.50. The normalized spacial score (nSPS) is 28.9. The highest BCUT2D eigenvalue weighted by Gasteiger charge is 2.30. The van der Waals surface area contributed by atoms with Crippen molar-refractivity contribution in [2.45, 2.75) is 84.3 Å². The lowest BCUT2D eigenvalue weighted by atomic mass is 9.83. The van der Waals surface area contributed by atoms with E-state index in [0.29, 0.717) is 12.0 Å². The van der Waals surface area contributed by atoms with Gasteiger partial charge >= 0.3 is 6.09 Å². The van der Waals surface area contributed by atoms with E-state index in [-0.39, 0.29) is 6.09 Å². The van der Waals surface area contributed by atoms with Gasteiger partial charge < -0.3 is 15.0 Å². The van der Waals surface area contributed by atoms with Gasteiger partial charge in [-0.1, -0.05) is 19.8 Å². The molecule has 4 heteroatoms. The lowest BCUT2D eigenvalue weighted by molar-refractivity contribution is 0.0288. The maximum atomic E-state index is 12.1. The van der Waals surface area contributed by atoms with Crippen molar-refractivity contribution in [2.24, 2.45) is 11.8 Å². The van der Waals surface area contributed by atoms with Crippen molar-refractivity contribution in [3.8, 4) is 0 Å². The number of nitrogens with zero attached hydrogens (tertiary/aromatic N) is 1. The minimum atomic E-state index is -0.398. The van der Waals surface area contributed by atoms with Crippen LogP contribution in [0.5, 0.6) is 0 Å². The highest BCUT2D eigenvalue weighted by molar-refractivity contribution is 5.68. The van der Waals surface area contributed by atoms with Crippen molar-refractivity contribution >= 4 is 6.09 Å². The maximum absolute atomic E-state index is 12.1. The summed E-state index contributed by atoms with van der Waals surface area (Å²) in [5.41, 5.74) is -0.398. The molecule has 134 valence electrons. The third kappa shape index (κ3) is 6.33. The van der Waals surface area contributed by atoms with Crippen LogP contribution in [-0.4, -0.2) is 42.3 Å². The van der Waals surface area contributed by atoms with Gasteiger partial charge in [0.2, 0.25) is 0 Å². The largest absolute Gasteiger partial charge is 0.444 e. The smallest absolute Gasteiger partial charge is 0.410 e. The summed E-state index contributed by atoms with van der Waals surface area (Å²) in [6, 6.07) is 0.693. The first kappa shape index (κ1) is 18.6. The van der Waals surface area contributed by atoms with Crippen LogP contribution in [0.15, 0.2) is 0 Å². The Morgan fingerprint density at radius 3 is 2.43 bits per heavy atom. The molecule has 1 unspecified atom stereocenters. The Kier molecular flexibility index (Phi) is 6.75. The number of ether oxygens (including phenoxy) is 1. The number of hydrogen-bond donors (Lipinski definition) is 1. The fraction of sp³-hybridized carbons (Fsp3) is 0.947. The molecule has 1 atom stereocenters. The summed E-state index contributed by atoms with van der Waals surface area (Å²) >= 11 is 0. The summed E-state index contributed by atoms with van der Waals surface area (Å²) in [6.45, 7) is 10.8. The van der Waals surface area contributed by atoms with Crippen molar-refractivity contribution in [1.29, 1.82) is 0 Å². The number of amides is 1. The van der Waals surface area contributed by atoms with Crippen LogP contribution < -0.4 is 5.32 Å². The Morgan fingerprint density at radius 1 is 1.13 bits per heavy atom. The van der Waals surface area contributed by atoms with E-state index in [1.165, 1.54) is 38.5 Å². The molecule has 0 aromatic rings. The van der Waals surface area contributed by atoms with E-state index in [2.05, 4.69) is 12.2 Å². The third-order valence-corrected chi connectivity index (χ3v) is 5.18. The Morgan fingerprint density at radius 2 is 1.83 bits per heavy atom. The molecule has 1 amide bonds. The molecule has 2 fully saturated rings. The van der Waals surface area contributed by atoms with Gasteiger partial charge in [0.15, 0.2) is 0 Å². The molecule has 1 N–H and O–H groups in total. The van der Waals surface area contributed by atoms with Crippen LogP contribution in [-0.2, 0) is 4.74 Å². The fourth-order valence-corrected chi connectivity index (χ4v) is 3.89. The molecule has 2 aliphatic rings. The lowest BCUT2D eigenvalue weighted by Gasteiger charge is -2.30. The molecule has 1 aliphatic carbocycles. The van der Waals surface area contributed by atoms with E-state index in [4.69, 9.17) is 4.74 Å². The molecule has 1 heterocycles. The van der Waals surface area contributed by atoms with Crippen LogP contribution in [0, 0.1) is 11.8 Å². The Bertz CT molecular complexity index is 370. The SMILES string of the molecule is CCCC1CCC(NCC2CCN(C(=O)OC(C)(C)C)C2)CC1. The van der Waals surface area contributed by atoms with Crippen molar-refractivity contribution in [3.05, 3.63) is 0 Å². The van der Waals surface area contributed by atoms with Gasteiger partial charge in [-0.15, -0.1) is 0 Å². The van der Waals surface area contributed by atoms with Gasteiger partial charge in [-0.2, -0.15) is 0 Å². The van der Waals surface area contributed by atoms with Crippen molar-refractivity contribution in [1.82, 2.24) is 10.2 Å². The first-order valence-electron chi connectivity index (χ1n) is 9.58. The van der Waals surface area contributed by atoms with Crippen LogP contribution in [0.25, 0.3) is 0 Å². The zero-order chi connectivity index (χ0) is 16.9. The molecule has 1 saturated heterocycles. The zero-order valence-corrected chi connectivity index (χ0v) is 15.6. The first-order valence-corrected chi connectivity index (χ1v) is 9.58. The fourth-order valence-electron chi connectivity index (χ4n) is 3.89. The lowest BCUT2D eigenvalue weighted by Crippen LogP contribution is -2.38. The molecular formula is C19H36N2O2. The molecule has 2 rings (SSSR count). The summed E-state index contributed by atoms with van der Waals surface area (Å²) in [7, 11) is 0. The van der Waals surface area contributed by atoms with Gasteiger partial charge in [-0.25, -0.2) is 4.79 Å². The van der Waals surface area contributed by atoms with Crippen LogP contribution >= 0.6 is 0 Å². The average molecular weight is 325 g/mol. The number of nitrogens with one attached hydrogen (secondary N) is 1. The van der Waals surface area contributed by atoms with Crippen LogP contribution in [0.3, 0.4) is 0 Å². The van der Waals surface area contributed by atoms with Crippen molar-refractivity contribution in [2.75, 3.05) is 19.6 Å². The molecule has 23 heavy (non-hydrogen) atoms. The first-order chi connectivity index (χ1) is 10.9. The van der Waals surface area contributed by atoms with Gasteiger partial charge in [0.25, 0.3) is 0 Å². The predicted octanol–water partition coefficient (Wildman–Crippen LogP) is 4.19. The predicted molar refractivity (Wildman–Crippen MR) is 94.6 cm³/mol. The van der Waals surface area contributed by atoms with Crippen molar-refractivity contribution in [3.63, 3.8) is 0 Å². The Balaban J connectivity index is 1.64. The number of hydrogen-bond acceptors (Lipinski definition) is 3. The molecule has 1 saturated carbocycles. The summed E-state index contributed by atoms with van der Waals surface area (Å²) in [6.07, 6.45) is 9.10. The molecule has 1 aliphatic heterocycles. The number of rotatable bonds is 5. The van der Waals surface area contributed by atoms with E-state index in [1.807, 2.05) is 25.7 Å². The Hall–Kier alpha value is -0.770. The van der Waals surface area contributed by atoms with Crippen LogP contribution in [0.4, 0.5) is 4.79 Å². The molecule has 0 aromatic heterocycles. The number of likely N-dealkylation sites (tertiary alicyclic amines) is 1. The monoisotopic (exact) mass is 324 g/mol. The van der Waals surface area contributed by atoms with Crippen molar-refractivity contribution < 1.29 is 9.53 Å². The van der Waals surface area contributed by atoms with Crippen LogP contribution in [0.1, 0.15) is 72.6 Å². The van der Waals surface area contributed by atoms with Gasteiger partial charge in [0, 0.05) is 19.1 Å². The highest BCUT2D eigenvalue weighted by Crippen LogP contribution is 2.28. The van der Waals surface area contributed by atoms with E-state index in [9.17, 15) is 4.79 Å². The number of carbonyl (C=O) groups excluding carboxylic acids is 1. The van der Waals surface area contributed by atoms with E-state index in [0.717, 1.165) is 32.0 Å². The zero-order valence-electron chi connectivity index (χ0n) is 15.6. The minimum absolute atomic E-state index is 0.153. The molecule has 0 spiro atoms. The summed E-state index contributed by atoms with van der Waals surface area (Å²) in [5.74, 6) is 1.54. The summed E-state index contributed by atoms with van der Waals surface area (Å²) in [4.78, 5) is 14.0. The number of carbonyl (C=O) groups is 1. The van der Waals surface area contributed by atoms with Gasteiger partial charge in [-0.3, -0.25) is 0 Å². The summed E-state index contributed by atoms with van der Waals surface area (Å²) in [5, 5.41) is 3.76. The molecule has 0 bridgehead atoms. The maximum Gasteiger partial charge on any atom is 0.410 e. The standard InChI is InChI=1S/C19H36N2O2/c1-5-6-15-7-9-17(10-8-15)20-13-16-11-12-21(14-16)18(22)23-19(2,3)4/h15-17,20H,5-14H2,1-4H3. The highest BCUT2D eigenvalue weighted by atomic mass is 16.6. The van der Waals surface area contributed by atoms with E-state index in [1.54, 1.807) is 0 Å². The van der Waals surface area contributed by atoms with E-state index >= 15 is 0 Å². The van der Waals surface area contributed by atoms with Gasteiger partial charge in [-0.05, 0) is 71.3 Å². The second-order valence-corrected chi connectivity index (χ2v) is 8.50.